The molecule has 1 nitrogen and oxygen atoms in total. The lowest BCUT2D eigenvalue weighted by atomic mass is 9.88. The number of benzene rings is 1. The summed E-state index contributed by atoms with van der Waals surface area (Å²) in [5.41, 5.74) is 6.60. The molecule has 106 valence electrons. The highest BCUT2D eigenvalue weighted by Crippen LogP contribution is 2.30. The number of fused-ring (bicyclic) bond motifs is 1. The van der Waals surface area contributed by atoms with Crippen molar-refractivity contribution in [2.24, 2.45) is 5.92 Å². The van der Waals surface area contributed by atoms with Crippen molar-refractivity contribution in [3.05, 3.63) is 65.8 Å². The van der Waals surface area contributed by atoms with Crippen molar-refractivity contribution in [2.75, 3.05) is 13.6 Å². The van der Waals surface area contributed by atoms with Crippen LogP contribution in [0, 0.1) is 5.92 Å². The smallest absolute Gasteiger partial charge is 0.0233 e. The highest BCUT2D eigenvalue weighted by Gasteiger charge is 2.15. The van der Waals surface area contributed by atoms with Gasteiger partial charge in [0.15, 0.2) is 0 Å². The van der Waals surface area contributed by atoms with Crippen LogP contribution >= 0.6 is 0 Å². The molecule has 0 amide bonds. The standard InChI is InChI=1S/C19H25N/c1-6-7-19(15(4)14(2)3)17-8-9-18-13-20(5)11-10-16(18)12-17/h6-9,12,14H,1,4,10-11,13H2,2-3,5H3/b19-7+. The zero-order valence-corrected chi connectivity index (χ0v) is 12.9. The number of hydrogen-bond donors (Lipinski definition) is 0. The zero-order valence-electron chi connectivity index (χ0n) is 12.9. The van der Waals surface area contributed by atoms with Crippen molar-refractivity contribution in [2.45, 2.75) is 26.8 Å². The van der Waals surface area contributed by atoms with E-state index in [0.29, 0.717) is 5.92 Å². The van der Waals surface area contributed by atoms with Gasteiger partial charge >= 0.3 is 0 Å². The van der Waals surface area contributed by atoms with Crippen molar-refractivity contribution >= 4 is 5.57 Å². The molecule has 0 radical (unpaired) electrons. The van der Waals surface area contributed by atoms with Crippen LogP contribution in [0.3, 0.4) is 0 Å². The number of nitrogens with zero attached hydrogens (tertiary/aromatic N) is 1. The molecule has 0 aromatic heterocycles. The van der Waals surface area contributed by atoms with Crippen molar-refractivity contribution in [1.29, 1.82) is 0 Å². The third kappa shape index (κ3) is 3.10. The third-order valence-electron chi connectivity index (χ3n) is 4.05. The summed E-state index contributed by atoms with van der Waals surface area (Å²) in [5.74, 6) is 0.448. The maximum absolute atomic E-state index is 4.25. The Labute approximate surface area is 123 Å². The van der Waals surface area contributed by atoms with Crippen molar-refractivity contribution in [3.8, 4) is 0 Å². The van der Waals surface area contributed by atoms with Gasteiger partial charge in [-0.3, -0.25) is 0 Å². The molecule has 1 heteroatoms. The van der Waals surface area contributed by atoms with E-state index in [4.69, 9.17) is 0 Å². The van der Waals surface area contributed by atoms with Gasteiger partial charge < -0.3 is 4.90 Å². The van der Waals surface area contributed by atoms with E-state index in [9.17, 15) is 0 Å². The number of likely N-dealkylation sites (N-methyl/N-ethyl adjacent to an activating group) is 1. The first-order valence-corrected chi connectivity index (χ1v) is 7.35. The Balaban J connectivity index is 2.39. The van der Waals surface area contributed by atoms with E-state index in [1.165, 1.54) is 27.8 Å². The minimum Gasteiger partial charge on any atom is -0.302 e. The number of rotatable bonds is 4. The minimum atomic E-state index is 0.448. The van der Waals surface area contributed by atoms with E-state index in [-0.39, 0.29) is 0 Å². The molecule has 1 aromatic rings. The summed E-state index contributed by atoms with van der Waals surface area (Å²) in [7, 11) is 2.18. The molecule has 0 saturated heterocycles. The highest BCUT2D eigenvalue weighted by atomic mass is 15.1. The largest absolute Gasteiger partial charge is 0.302 e. The minimum absolute atomic E-state index is 0.448. The summed E-state index contributed by atoms with van der Waals surface area (Å²) in [5, 5.41) is 0. The molecule has 0 aliphatic carbocycles. The Morgan fingerprint density at radius 2 is 2.05 bits per heavy atom. The first-order chi connectivity index (χ1) is 9.52. The van der Waals surface area contributed by atoms with Gasteiger partial charge in [0.05, 0.1) is 0 Å². The molecule has 1 aliphatic heterocycles. The Hall–Kier alpha value is -1.60. The molecule has 0 bridgehead atoms. The van der Waals surface area contributed by atoms with Gasteiger partial charge in [0.1, 0.15) is 0 Å². The van der Waals surface area contributed by atoms with Crippen LogP contribution in [-0.2, 0) is 13.0 Å². The van der Waals surface area contributed by atoms with Gasteiger partial charge in [0.2, 0.25) is 0 Å². The summed E-state index contributed by atoms with van der Waals surface area (Å²) < 4.78 is 0. The van der Waals surface area contributed by atoms with Crippen LogP contribution in [0.1, 0.15) is 30.5 Å². The van der Waals surface area contributed by atoms with Crippen molar-refractivity contribution in [1.82, 2.24) is 4.90 Å². The van der Waals surface area contributed by atoms with Crippen LogP contribution in [0.5, 0.6) is 0 Å². The third-order valence-corrected chi connectivity index (χ3v) is 4.05. The van der Waals surface area contributed by atoms with Gasteiger partial charge in [0.25, 0.3) is 0 Å². The second-order valence-electron chi connectivity index (χ2n) is 5.97. The van der Waals surface area contributed by atoms with Crippen LogP contribution in [-0.4, -0.2) is 18.5 Å². The Morgan fingerprint density at radius 1 is 1.30 bits per heavy atom. The van der Waals surface area contributed by atoms with Crippen LogP contribution in [0.25, 0.3) is 5.57 Å². The number of hydrogen-bond acceptors (Lipinski definition) is 1. The van der Waals surface area contributed by atoms with Crippen LogP contribution < -0.4 is 0 Å². The lowest BCUT2D eigenvalue weighted by Crippen LogP contribution is -2.26. The topological polar surface area (TPSA) is 3.24 Å². The predicted octanol–water partition coefficient (Wildman–Crippen LogP) is 4.46. The maximum atomic E-state index is 4.25. The first-order valence-electron chi connectivity index (χ1n) is 7.35. The molecule has 0 fully saturated rings. The molecule has 1 heterocycles. The normalized spacial score (nSPS) is 16.1. The molecule has 0 saturated carbocycles. The first kappa shape index (κ1) is 14.8. The van der Waals surface area contributed by atoms with Gasteiger partial charge in [-0.1, -0.05) is 57.4 Å². The Bertz CT molecular complexity index is 549. The van der Waals surface area contributed by atoms with Gasteiger partial charge in [-0.25, -0.2) is 0 Å². The fourth-order valence-corrected chi connectivity index (χ4v) is 2.68. The van der Waals surface area contributed by atoms with Crippen molar-refractivity contribution < 1.29 is 0 Å². The molecule has 0 atom stereocenters. The zero-order chi connectivity index (χ0) is 14.7. The lowest BCUT2D eigenvalue weighted by Gasteiger charge is -2.26. The van der Waals surface area contributed by atoms with Gasteiger partial charge in [-0.2, -0.15) is 0 Å². The molecule has 0 N–H and O–H groups in total. The summed E-state index contributed by atoms with van der Waals surface area (Å²) in [4.78, 5) is 2.37. The van der Waals surface area contributed by atoms with Gasteiger partial charge in [-0.05, 0) is 47.2 Å². The summed E-state index contributed by atoms with van der Waals surface area (Å²) in [6.07, 6.45) is 5.07. The summed E-state index contributed by atoms with van der Waals surface area (Å²) in [6, 6.07) is 6.83. The fourth-order valence-electron chi connectivity index (χ4n) is 2.68. The molecule has 1 aliphatic rings. The lowest BCUT2D eigenvalue weighted by molar-refractivity contribution is 0.313. The van der Waals surface area contributed by atoms with Crippen LogP contribution in [0.15, 0.2) is 49.1 Å². The summed E-state index contributed by atoms with van der Waals surface area (Å²) >= 11 is 0. The van der Waals surface area contributed by atoms with Gasteiger partial charge in [-0.15, -0.1) is 0 Å². The van der Waals surface area contributed by atoms with Crippen molar-refractivity contribution in [3.63, 3.8) is 0 Å². The molecular weight excluding hydrogens is 242 g/mol. The maximum Gasteiger partial charge on any atom is 0.0233 e. The Kier molecular flexibility index (Phi) is 4.61. The molecule has 2 rings (SSSR count). The second-order valence-corrected chi connectivity index (χ2v) is 5.97. The van der Waals surface area contributed by atoms with E-state index in [1.54, 1.807) is 0 Å². The van der Waals surface area contributed by atoms with E-state index < -0.39 is 0 Å². The molecule has 0 spiro atoms. The molecule has 0 unspecified atom stereocenters. The number of allylic oxidation sites excluding steroid dienone is 4. The molecule has 1 aromatic carbocycles. The molecule has 20 heavy (non-hydrogen) atoms. The fraction of sp³-hybridized carbons (Fsp3) is 0.368. The van der Waals surface area contributed by atoms with E-state index in [0.717, 1.165) is 19.5 Å². The van der Waals surface area contributed by atoms with E-state index >= 15 is 0 Å². The highest BCUT2D eigenvalue weighted by molar-refractivity contribution is 5.80. The quantitative estimate of drug-likeness (QED) is 0.728. The molecular formula is C19H25N. The van der Waals surface area contributed by atoms with Crippen LogP contribution in [0.4, 0.5) is 0 Å². The predicted molar refractivity (Wildman–Crippen MR) is 88.6 cm³/mol. The summed E-state index contributed by atoms with van der Waals surface area (Å²) in [6.45, 7) is 14.7. The average Bonchev–Trinajstić information content (AvgIpc) is 2.43. The monoisotopic (exact) mass is 267 g/mol. The van der Waals surface area contributed by atoms with Crippen LogP contribution in [0.2, 0.25) is 0 Å². The van der Waals surface area contributed by atoms with E-state index in [1.807, 2.05) is 6.08 Å². The average molecular weight is 267 g/mol. The Morgan fingerprint density at radius 3 is 2.70 bits per heavy atom. The van der Waals surface area contributed by atoms with E-state index in [2.05, 4.69) is 63.2 Å². The SMILES string of the molecule is C=C/C=C(\C(=C)C(C)C)c1ccc2c(c1)CCN(C)C2. The second kappa shape index (κ2) is 6.23. The van der Waals surface area contributed by atoms with Gasteiger partial charge in [0, 0.05) is 13.1 Å².